The number of benzene rings is 2. The van der Waals surface area contributed by atoms with Crippen molar-refractivity contribution in [2.75, 3.05) is 6.54 Å². The third-order valence-electron chi connectivity index (χ3n) is 5.33. The molecule has 136 valence electrons. The first-order valence-corrected chi connectivity index (χ1v) is 9.61. The minimum atomic E-state index is -0.0783. The molecule has 26 heavy (non-hydrogen) atoms. The van der Waals surface area contributed by atoms with Crippen LogP contribution in [0.3, 0.4) is 0 Å². The van der Waals surface area contributed by atoms with Crippen LogP contribution >= 0.6 is 0 Å². The summed E-state index contributed by atoms with van der Waals surface area (Å²) in [6.07, 6.45) is 5.27. The topological polar surface area (TPSA) is 50.4 Å². The van der Waals surface area contributed by atoms with E-state index in [9.17, 15) is 4.79 Å². The van der Waals surface area contributed by atoms with E-state index in [1.807, 2.05) is 12.1 Å². The lowest BCUT2D eigenvalue weighted by Crippen LogP contribution is -2.42. The second kappa shape index (κ2) is 7.92. The molecule has 0 radical (unpaired) electrons. The molecule has 1 aliphatic heterocycles. The molecule has 0 saturated carbocycles. The molecule has 0 bridgehead atoms. The standard InChI is InChI=1S/C22H26N2O2/c25-22-21(7-3-4-12-23-22)24-15-16-8-10-19(11-9-16)26-20-13-17-5-1-2-6-18(17)14-20/h1-2,5-6,8-11,20-21,24H,3-4,7,12-15H2,(H,23,25)/t21-/m0/s1. The van der Waals surface area contributed by atoms with Crippen LogP contribution in [-0.4, -0.2) is 24.6 Å². The Balaban J connectivity index is 1.29. The summed E-state index contributed by atoms with van der Waals surface area (Å²) in [5, 5.41) is 6.35. The molecule has 1 fully saturated rings. The van der Waals surface area contributed by atoms with Gasteiger partial charge < -0.3 is 15.4 Å². The molecular formula is C22H26N2O2. The minimum absolute atomic E-state index is 0.0783. The van der Waals surface area contributed by atoms with Crippen molar-refractivity contribution in [1.82, 2.24) is 10.6 Å². The van der Waals surface area contributed by atoms with Crippen molar-refractivity contribution < 1.29 is 9.53 Å². The van der Waals surface area contributed by atoms with Crippen LogP contribution in [-0.2, 0) is 24.2 Å². The van der Waals surface area contributed by atoms with E-state index in [1.54, 1.807) is 0 Å². The number of nitrogens with one attached hydrogen (secondary N) is 2. The Morgan fingerprint density at radius 2 is 1.73 bits per heavy atom. The Hall–Kier alpha value is -2.33. The van der Waals surface area contributed by atoms with Gasteiger partial charge in [-0.15, -0.1) is 0 Å². The Labute approximate surface area is 155 Å². The van der Waals surface area contributed by atoms with Gasteiger partial charge in [0.1, 0.15) is 11.9 Å². The number of ether oxygens (including phenoxy) is 1. The zero-order chi connectivity index (χ0) is 17.8. The maximum Gasteiger partial charge on any atom is 0.237 e. The number of rotatable bonds is 5. The first kappa shape index (κ1) is 17.1. The number of carbonyl (C=O) groups excluding carboxylic acids is 1. The van der Waals surface area contributed by atoms with Crippen LogP contribution in [0.1, 0.15) is 36.0 Å². The van der Waals surface area contributed by atoms with Crippen LogP contribution in [0.4, 0.5) is 0 Å². The van der Waals surface area contributed by atoms with Gasteiger partial charge in [-0.25, -0.2) is 0 Å². The van der Waals surface area contributed by atoms with Gasteiger partial charge in [0.2, 0.25) is 5.91 Å². The van der Waals surface area contributed by atoms with Gasteiger partial charge in [-0.2, -0.15) is 0 Å². The predicted molar refractivity (Wildman–Crippen MR) is 102 cm³/mol. The highest BCUT2D eigenvalue weighted by Crippen LogP contribution is 2.25. The van der Waals surface area contributed by atoms with Crippen LogP contribution in [0.2, 0.25) is 0 Å². The first-order chi connectivity index (χ1) is 12.8. The third-order valence-corrected chi connectivity index (χ3v) is 5.33. The molecule has 1 amide bonds. The molecule has 1 atom stereocenters. The van der Waals surface area contributed by atoms with Gasteiger partial charge in [0.25, 0.3) is 0 Å². The molecule has 1 saturated heterocycles. The summed E-state index contributed by atoms with van der Waals surface area (Å²) in [5.74, 6) is 1.04. The molecule has 2 aromatic carbocycles. The zero-order valence-corrected chi connectivity index (χ0v) is 15.0. The van der Waals surface area contributed by atoms with Crippen LogP contribution in [0.5, 0.6) is 5.75 Å². The highest BCUT2D eigenvalue weighted by Gasteiger charge is 2.22. The minimum Gasteiger partial charge on any atom is -0.490 e. The summed E-state index contributed by atoms with van der Waals surface area (Å²) >= 11 is 0. The maximum absolute atomic E-state index is 12.0. The lowest BCUT2D eigenvalue weighted by Gasteiger charge is -2.16. The quantitative estimate of drug-likeness (QED) is 0.872. The largest absolute Gasteiger partial charge is 0.490 e. The molecular weight excluding hydrogens is 324 g/mol. The van der Waals surface area contributed by atoms with Crippen molar-refractivity contribution >= 4 is 5.91 Å². The van der Waals surface area contributed by atoms with Crippen molar-refractivity contribution in [3.05, 3.63) is 65.2 Å². The zero-order valence-electron chi connectivity index (χ0n) is 15.0. The average Bonchev–Trinajstić information content (AvgIpc) is 2.95. The van der Waals surface area contributed by atoms with Gasteiger partial charge in [0, 0.05) is 25.9 Å². The summed E-state index contributed by atoms with van der Waals surface area (Å²) in [6.45, 7) is 1.50. The fourth-order valence-electron chi connectivity index (χ4n) is 3.86. The molecule has 1 heterocycles. The monoisotopic (exact) mass is 350 g/mol. The highest BCUT2D eigenvalue weighted by atomic mass is 16.5. The van der Waals surface area contributed by atoms with E-state index in [1.165, 1.54) is 16.7 Å². The van der Waals surface area contributed by atoms with Crippen molar-refractivity contribution in [3.63, 3.8) is 0 Å². The summed E-state index contributed by atoms with van der Waals surface area (Å²) in [7, 11) is 0. The van der Waals surface area contributed by atoms with Crippen LogP contribution in [0, 0.1) is 0 Å². The van der Waals surface area contributed by atoms with Crippen molar-refractivity contribution in [2.45, 2.75) is 50.8 Å². The Morgan fingerprint density at radius 3 is 2.46 bits per heavy atom. The van der Waals surface area contributed by atoms with Crippen LogP contribution in [0.25, 0.3) is 0 Å². The second-order valence-corrected chi connectivity index (χ2v) is 7.28. The average molecular weight is 350 g/mol. The molecule has 4 nitrogen and oxygen atoms in total. The van der Waals surface area contributed by atoms with Crippen LogP contribution < -0.4 is 15.4 Å². The summed E-state index contributed by atoms with van der Waals surface area (Å²) in [6, 6.07) is 16.7. The van der Waals surface area contributed by atoms with Crippen LogP contribution in [0.15, 0.2) is 48.5 Å². The normalized spacial score (nSPS) is 20.3. The van der Waals surface area contributed by atoms with Gasteiger partial charge >= 0.3 is 0 Å². The highest BCUT2D eigenvalue weighted by molar-refractivity contribution is 5.81. The van der Waals surface area contributed by atoms with Gasteiger partial charge in [0.05, 0.1) is 6.04 Å². The summed E-state index contributed by atoms with van der Waals surface area (Å²) in [4.78, 5) is 12.0. The smallest absolute Gasteiger partial charge is 0.237 e. The Kier molecular flexibility index (Phi) is 5.21. The summed E-state index contributed by atoms with van der Waals surface area (Å²) in [5.41, 5.74) is 3.98. The van der Waals surface area contributed by atoms with E-state index in [2.05, 4.69) is 47.0 Å². The van der Waals surface area contributed by atoms with Gasteiger partial charge in [-0.3, -0.25) is 4.79 Å². The van der Waals surface area contributed by atoms with Crippen molar-refractivity contribution in [3.8, 4) is 5.75 Å². The fourth-order valence-corrected chi connectivity index (χ4v) is 3.86. The number of hydrogen-bond donors (Lipinski definition) is 2. The summed E-state index contributed by atoms with van der Waals surface area (Å²) < 4.78 is 6.16. The van der Waals surface area contributed by atoms with Gasteiger partial charge in [-0.05, 0) is 48.1 Å². The van der Waals surface area contributed by atoms with E-state index in [0.29, 0.717) is 6.54 Å². The van der Waals surface area contributed by atoms with Crippen molar-refractivity contribution in [1.29, 1.82) is 0 Å². The lowest BCUT2D eigenvalue weighted by molar-refractivity contribution is -0.122. The molecule has 2 aliphatic rings. The Morgan fingerprint density at radius 1 is 1.00 bits per heavy atom. The lowest BCUT2D eigenvalue weighted by atomic mass is 10.1. The maximum atomic E-state index is 12.0. The molecule has 1 aliphatic carbocycles. The number of carbonyl (C=O) groups is 1. The molecule has 0 spiro atoms. The molecule has 0 unspecified atom stereocenters. The number of amides is 1. The van der Waals surface area contributed by atoms with E-state index in [0.717, 1.165) is 44.4 Å². The number of hydrogen-bond acceptors (Lipinski definition) is 3. The molecule has 4 rings (SSSR count). The number of fused-ring (bicyclic) bond motifs is 1. The SMILES string of the molecule is O=C1NCCCC[C@@H]1NCc1ccc(OC2Cc3ccccc3C2)cc1. The van der Waals surface area contributed by atoms with Gasteiger partial charge in [0.15, 0.2) is 0 Å². The fraction of sp³-hybridized carbons (Fsp3) is 0.409. The van der Waals surface area contributed by atoms with E-state index >= 15 is 0 Å². The molecule has 4 heteroatoms. The first-order valence-electron chi connectivity index (χ1n) is 9.61. The molecule has 2 aromatic rings. The molecule has 0 aromatic heterocycles. The van der Waals surface area contributed by atoms with E-state index < -0.39 is 0 Å². The molecule has 2 N–H and O–H groups in total. The third kappa shape index (κ3) is 4.07. The predicted octanol–water partition coefficient (Wildman–Crippen LogP) is 2.99. The van der Waals surface area contributed by atoms with Crippen molar-refractivity contribution in [2.24, 2.45) is 0 Å². The Bertz CT molecular complexity index is 732. The van der Waals surface area contributed by atoms with E-state index in [4.69, 9.17) is 4.74 Å². The van der Waals surface area contributed by atoms with E-state index in [-0.39, 0.29) is 18.1 Å². The second-order valence-electron chi connectivity index (χ2n) is 7.28. The van der Waals surface area contributed by atoms with Gasteiger partial charge in [-0.1, -0.05) is 36.4 Å².